The van der Waals surface area contributed by atoms with Gasteiger partial charge in [0.15, 0.2) is 0 Å². The number of anilines is 1. The van der Waals surface area contributed by atoms with Crippen LogP contribution in [-0.2, 0) is 10.8 Å². The van der Waals surface area contributed by atoms with Gasteiger partial charge < -0.3 is 10.6 Å². The summed E-state index contributed by atoms with van der Waals surface area (Å²) < 4.78 is 12.1. The maximum Gasteiger partial charge on any atom is 0.0632 e. The second-order valence-corrected chi connectivity index (χ2v) is 5.73. The summed E-state index contributed by atoms with van der Waals surface area (Å²) in [4.78, 5) is 2.88. The minimum Gasteiger partial charge on any atom is -0.398 e. The molecule has 1 rings (SSSR count). The van der Waals surface area contributed by atoms with Crippen LogP contribution in [0.5, 0.6) is 0 Å². The number of hydrogen-bond donors (Lipinski definition) is 1. The molecule has 0 aliphatic rings. The van der Waals surface area contributed by atoms with Crippen molar-refractivity contribution in [3.8, 4) is 0 Å². The number of rotatable bonds is 6. The molecule has 1 unspecified atom stereocenters. The first-order valence-electron chi connectivity index (χ1n) is 5.74. The monoisotopic (exact) mass is 274 g/mol. The second-order valence-electron chi connectivity index (χ2n) is 3.76. The highest BCUT2D eigenvalue weighted by Crippen LogP contribution is 2.21. The third kappa shape index (κ3) is 4.30. The average molecular weight is 275 g/mol. The summed E-state index contributed by atoms with van der Waals surface area (Å²) in [6.45, 7) is 6.95. The van der Waals surface area contributed by atoms with E-state index in [4.69, 9.17) is 17.3 Å². The predicted octanol–water partition coefficient (Wildman–Crippen LogP) is 2.37. The van der Waals surface area contributed by atoms with Crippen molar-refractivity contribution in [3.63, 3.8) is 0 Å². The topological polar surface area (TPSA) is 46.3 Å². The molecule has 96 valence electrons. The number of hydrogen-bond acceptors (Lipinski definition) is 3. The molecule has 2 N–H and O–H groups in total. The molecule has 5 heteroatoms. The van der Waals surface area contributed by atoms with Crippen LogP contribution in [0.15, 0.2) is 23.1 Å². The molecule has 0 saturated heterocycles. The van der Waals surface area contributed by atoms with E-state index in [1.54, 1.807) is 18.2 Å². The van der Waals surface area contributed by atoms with E-state index >= 15 is 0 Å². The van der Waals surface area contributed by atoms with E-state index in [9.17, 15) is 4.21 Å². The first-order chi connectivity index (χ1) is 8.08. The molecular weight excluding hydrogens is 256 g/mol. The van der Waals surface area contributed by atoms with Crippen LogP contribution < -0.4 is 5.73 Å². The van der Waals surface area contributed by atoms with Crippen molar-refractivity contribution in [3.05, 3.63) is 23.2 Å². The van der Waals surface area contributed by atoms with Crippen LogP contribution in [0.25, 0.3) is 0 Å². The van der Waals surface area contributed by atoms with Gasteiger partial charge in [-0.1, -0.05) is 25.4 Å². The van der Waals surface area contributed by atoms with Gasteiger partial charge in [0.05, 0.1) is 15.7 Å². The molecule has 0 fully saturated rings. The van der Waals surface area contributed by atoms with Gasteiger partial charge in [-0.15, -0.1) is 0 Å². The molecule has 0 aliphatic carbocycles. The summed E-state index contributed by atoms with van der Waals surface area (Å²) in [5.74, 6) is 0.590. The molecule has 0 aromatic heterocycles. The fraction of sp³-hybridized carbons (Fsp3) is 0.500. The highest BCUT2D eigenvalue weighted by atomic mass is 35.5. The molecule has 0 spiro atoms. The summed E-state index contributed by atoms with van der Waals surface area (Å²) >= 11 is 5.88. The van der Waals surface area contributed by atoms with E-state index in [2.05, 4.69) is 18.7 Å². The maximum absolute atomic E-state index is 12.1. The van der Waals surface area contributed by atoms with Crippen LogP contribution in [0, 0.1) is 0 Å². The van der Waals surface area contributed by atoms with Gasteiger partial charge in [-0.05, 0) is 31.3 Å². The Hall–Kier alpha value is -0.580. The molecule has 3 nitrogen and oxygen atoms in total. The zero-order valence-corrected chi connectivity index (χ0v) is 11.9. The van der Waals surface area contributed by atoms with Gasteiger partial charge in [0, 0.05) is 23.0 Å². The lowest BCUT2D eigenvalue weighted by molar-refractivity contribution is 0.323. The van der Waals surface area contributed by atoms with Crippen molar-refractivity contribution >= 4 is 28.1 Å². The fourth-order valence-corrected chi connectivity index (χ4v) is 3.04. The summed E-state index contributed by atoms with van der Waals surface area (Å²) in [6, 6.07) is 5.10. The summed E-state index contributed by atoms with van der Waals surface area (Å²) in [7, 11) is -1.08. The van der Waals surface area contributed by atoms with Crippen LogP contribution in [0.2, 0.25) is 5.02 Å². The maximum atomic E-state index is 12.1. The Labute approximate surface area is 110 Å². The molecule has 0 amide bonds. The lowest BCUT2D eigenvalue weighted by Gasteiger charge is -2.17. The van der Waals surface area contributed by atoms with Crippen LogP contribution in [0.4, 0.5) is 5.69 Å². The molecular formula is C12H19ClN2OS. The summed E-state index contributed by atoms with van der Waals surface area (Å²) in [5.41, 5.74) is 6.34. The molecule has 17 heavy (non-hydrogen) atoms. The van der Waals surface area contributed by atoms with Gasteiger partial charge >= 0.3 is 0 Å². The molecule has 1 aromatic carbocycles. The molecule has 0 heterocycles. The van der Waals surface area contributed by atoms with Gasteiger partial charge in [0.25, 0.3) is 0 Å². The Balaban J connectivity index is 2.66. The number of nitrogens with two attached hydrogens (primary N) is 1. The molecule has 1 atom stereocenters. The van der Waals surface area contributed by atoms with Crippen LogP contribution in [0.3, 0.4) is 0 Å². The van der Waals surface area contributed by atoms with Crippen molar-refractivity contribution in [2.75, 3.05) is 31.1 Å². The summed E-state index contributed by atoms with van der Waals surface area (Å²) in [6.07, 6.45) is 0. The third-order valence-corrected chi connectivity index (χ3v) is 4.34. The SMILES string of the molecule is CCN(CC)CCS(=O)c1cc(Cl)ccc1N. The Kier molecular flexibility index (Phi) is 5.95. The highest BCUT2D eigenvalue weighted by Gasteiger charge is 2.10. The third-order valence-electron chi connectivity index (χ3n) is 2.71. The molecule has 0 aliphatic heterocycles. The lowest BCUT2D eigenvalue weighted by atomic mass is 10.3. The fourth-order valence-electron chi connectivity index (χ4n) is 1.57. The number of benzene rings is 1. The first kappa shape index (κ1) is 14.5. The van der Waals surface area contributed by atoms with E-state index in [0.29, 0.717) is 21.4 Å². The standard InChI is InChI=1S/C12H19ClN2OS/c1-3-15(4-2)7-8-17(16)12-9-10(13)5-6-11(12)14/h5-6,9H,3-4,7-8,14H2,1-2H3. The van der Waals surface area contributed by atoms with E-state index in [1.165, 1.54) is 0 Å². The van der Waals surface area contributed by atoms with Gasteiger partial charge in [-0.25, -0.2) is 0 Å². The van der Waals surface area contributed by atoms with Gasteiger partial charge in [-0.2, -0.15) is 0 Å². The molecule has 0 radical (unpaired) electrons. The Morgan fingerprint density at radius 1 is 1.35 bits per heavy atom. The van der Waals surface area contributed by atoms with Crippen molar-refractivity contribution in [1.82, 2.24) is 4.90 Å². The number of nitrogens with zero attached hydrogens (tertiary/aromatic N) is 1. The lowest BCUT2D eigenvalue weighted by Crippen LogP contribution is -2.27. The molecule has 0 saturated carbocycles. The van der Waals surface area contributed by atoms with E-state index in [1.807, 2.05) is 0 Å². The van der Waals surface area contributed by atoms with Crippen molar-refractivity contribution < 1.29 is 4.21 Å². The van der Waals surface area contributed by atoms with Gasteiger partial charge in [0.2, 0.25) is 0 Å². The smallest absolute Gasteiger partial charge is 0.0632 e. The van der Waals surface area contributed by atoms with Crippen molar-refractivity contribution in [2.45, 2.75) is 18.7 Å². The minimum atomic E-state index is -1.08. The van der Waals surface area contributed by atoms with E-state index < -0.39 is 10.8 Å². The Morgan fingerprint density at radius 2 is 2.00 bits per heavy atom. The molecule has 0 bridgehead atoms. The normalized spacial score (nSPS) is 12.9. The van der Waals surface area contributed by atoms with Gasteiger partial charge in [0.1, 0.15) is 0 Å². The van der Waals surface area contributed by atoms with Crippen molar-refractivity contribution in [1.29, 1.82) is 0 Å². The minimum absolute atomic E-state index is 0.548. The Bertz CT molecular complexity index is 394. The highest BCUT2D eigenvalue weighted by molar-refractivity contribution is 7.85. The van der Waals surface area contributed by atoms with E-state index in [-0.39, 0.29) is 0 Å². The first-order valence-corrected chi connectivity index (χ1v) is 7.43. The van der Waals surface area contributed by atoms with Crippen LogP contribution in [-0.4, -0.2) is 34.5 Å². The number of halogens is 1. The largest absolute Gasteiger partial charge is 0.398 e. The summed E-state index contributed by atoms with van der Waals surface area (Å²) in [5, 5.41) is 0.574. The number of nitrogen functional groups attached to an aromatic ring is 1. The van der Waals surface area contributed by atoms with E-state index in [0.717, 1.165) is 19.6 Å². The second kappa shape index (κ2) is 6.99. The van der Waals surface area contributed by atoms with Crippen LogP contribution in [0.1, 0.15) is 13.8 Å². The predicted molar refractivity (Wildman–Crippen MR) is 74.9 cm³/mol. The van der Waals surface area contributed by atoms with Crippen LogP contribution >= 0.6 is 11.6 Å². The van der Waals surface area contributed by atoms with Crippen molar-refractivity contribution in [2.24, 2.45) is 0 Å². The molecule has 1 aromatic rings. The zero-order valence-electron chi connectivity index (χ0n) is 10.3. The Morgan fingerprint density at radius 3 is 2.59 bits per heavy atom. The quantitative estimate of drug-likeness (QED) is 0.810. The zero-order chi connectivity index (χ0) is 12.8. The average Bonchev–Trinajstić information content (AvgIpc) is 2.33. The van der Waals surface area contributed by atoms with Gasteiger partial charge in [-0.3, -0.25) is 4.21 Å².